The predicted molar refractivity (Wildman–Crippen MR) is 126 cm³/mol. The molecule has 176 valence electrons. The van der Waals surface area contributed by atoms with Gasteiger partial charge in [-0.2, -0.15) is 0 Å². The van der Waals surface area contributed by atoms with E-state index in [0.29, 0.717) is 42.7 Å². The van der Waals surface area contributed by atoms with Crippen molar-refractivity contribution >= 4 is 0 Å². The van der Waals surface area contributed by atoms with Crippen molar-refractivity contribution in [2.24, 2.45) is 0 Å². The van der Waals surface area contributed by atoms with Gasteiger partial charge in [-0.15, -0.1) is 0 Å². The highest BCUT2D eigenvalue weighted by Gasteiger charge is 2.20. The summed E-state index contributed by atoms with van der Waals surface area (Å²) in [6.07, 6.45) is 5.76. The molecule has 1 saturated carbocycles. The summed E-state index contributed by atoms with van der Waals surface area (Å²) in [5.41, 5.74) is 2.60. The molecule has 5 nitrogen and oxygen atoms in total. The first-order chi connectivity index (χ1) is 15.5. The van der Waals surface area contributed by atoms with Crippen molar-refractivity contribution in [2.75, 3.05) is 27.3 Å². The summed E-state index contributed by atoms with van der Waals surface area (Å²) in [7, 11) is 3.70. The number of nitrogens with zero attached hydrogens (tertiary/aromatic N) is 1. The molecule has 1 fully saturated rings. The molecule has 0 saturated heterocycles. The third-order valence-electron chi connectivity index (χ3n) is 6.25. The van der Waals surface area contributed by atoms with Gasteiger partial charge in [-0.3, -0.25) is 0 Å². The number of halogens is 1. The van der Waals surface area contributed by atoms with Gasteiger partial charge in [0.1, 0.15) is 18.5 Å². The van der Waals surface area contributed by atoms with E-state index in [1.165, 1.54) is 32.1 Å². The fraction of sp³-hybridized carbons (Fsp3) is 0.538. The molecule has 0 radical (unpaired) electrons. The van der Waals surface area contributed by atoms with Crippen molar-refractivity contribution in [3.63, 3.8) is 0 Å². The fourth-order valence-corrected chi connectivity index (χ4v) is 4.28. The standard InChI is InChI=1S/C26H37FN2O3/c1-19-9-10-20(13-24(19)27)15-28-16-21-11-12-25(26(14-21)31-3)32-18-23(30)17-29(2)22-7-5-4-6-8-22/h9-14,22-23,28,30H,4-8,15-18H2,1-3H3/t23-/m0/s1. The zero-order valence-electron chi connectivity index (χ0n) is 19.6. The maximum absolute atomic E-state index is 13.7. The number of nitrogens with one attached hydrogen (secondary N) is 1. The molecule has 0 unspecified atom stereocenters. The number of aliphatic hydroxyl groups excluding tert-OH is 1. The summed E-state index contributed by atoms with van der Waals surface area (Å²) in [5.74, 6) is 1.08. The predicted octanol–water partition coefficient (Wildman–Crippen LogP) is 4.44. The molecule has 1 aliphatic rings. The maximum Gasteiger partial charge on any atom is 0.161 e. The summed E-state index contributed by atoms with van der Waals surface area (Å²) >= 11 is 0. The molecule has 0 bridgehead atoms. The Bertz CT molecular complexity index is 855. The zero-order chi connectivity index (χ0) is 22.9. The molecule has 1 aliphatic carbocycles. The van der Waals surface area contributed by atoms with Gasteiger partial charge in [0.2, 0.25) is 0 Å². The van der Waals surface area contributed by atoms with Crippen LogP contribution in [0.3, 0.4) is 0 Å². The molecule has 2 aromatic rings. The first kappa shape index (κ1) is 24.5. The van der Waals surface area contributed by atoms with Crippen molar-refractivity contribution in [1.29, 1.82) is 0 Å². The Kier molecular flexibility index (Phi) is 9.33. The van der Waals surface area contributed by atoms with Gasteiger partial charge in [0.15, 0.2) is 11.5 Å². The topological polar surface area (TPSA) is 54.0 Å². The Morgan fingerprint density at radius 2 is 1.75 bits per heavy atom. The van der Waals surface area contributed by atoms with Crippen LogP contribution in [0.4, 0.5) is 4.39 Å². The van der Waals surface area contributed by atoms with Gasteiger partial charge < -0.3 is 24.8 Å². The third kappa shape index (κ3) is 7.19. The van der Waals surface area contributed by atoms with Crippen LogP contribution >= 0.6 is 0 Å². The van der Waals surface area contributed by atoms with E-state index < -0.39 is 6.10 Å². The van der Waals surface area contributed by atoms with Gasteiger partial charge >= 0.3 is 0 Å². The molecule has 32 heavy (non-hydrogen) atoms. The van der Waals surface area contributed by atoms with Gasteiger partial charge in [0.25, 0.3) is 0 Å². The summed E-state index contributed by atoms with van der Waals surface area (Å²) in [6, 6.07) is 11.6. The first-order valence-corrected chi connectivity index (χ1v) is 11.6. The molecule has 0 spiro atoms. The van der Waals surface area contributed by atoms with Crippen molar-refractivity contribution < 1.29 is 19.0 Å². The highest BCUT2D eigenvalue weighted by atomic mass is 19.1. The summed E-state index contributed by atoms with van der Waals surface area (Å²) in [4.78, 5) is 2.26. The second-order valence-corrected chi connectivity index (χ2v) is 8.87. The largest absolute Gasteiger partial charge is 0.493 e. The van der Waals surface area contributed by atoms with Crippen LogP contribution in [0.2, 0.25) is 0 Å². The number of hydrogen-bond donors (Lipinski definition) is 2. The van der Waals surface area contributed by atoms with Crippen LogP contribution in [-0.2, 0) is 13.1 Å². The normalized spacial score (nSPS) is 15.7. The minimum absolute atomic E-state index is 0.181. The Hall–Kier alpha value is -2.15. The molecule has 2 aromatic carbocycles. The minimum atomic E-state index is -0.553. The third-order valence-corrected chi connectivity index (χ3v) is 6.25. The van der Waals surface area contributed by atoms with Gasteiger partial charge in [-0.25, -0.2) is 4.39 Å². The van der Waals surface area contributed by atoms with Crippen LogP contribution in [0.25, 0.3) is 0 Å². The maximum atomic E-state index is 13.7. The van der Waals surface area contributed by atoms with E-state index in [0.717, 1.165) is 11.1 Å². The lowest BCUT2D eigenvalue weighted by Crippen LogP contribution is -2.40. The highest BCUT2D eigenvalue weighted by molar-refractivity contribution is 5.43. The Labute approximate surface area is 191 Å². The van der Waals surface area contributed by atoms with E-state index in [4.69, 9.17) is 9.47 Å². The lowest BCUT2D eigenvalue weighted by Gasteiger charge is -2.32. The van der Waals surface area contributed by atoms with Crippen LogP contribution in [0, 0.1) is 12.7 Å². The van der Waals surface area contributed by atoms with E-state index in [2.05, 4.69) is 17.3 Å². The Morgan fingerprint density at radius 1 is 1.06 bits per heavy atom. The lowest BCUT2D eigenvalue weighted by molar-refractivity contribution is 0.0553. The number of benzene rings is 2. The second-order valence-electron chi connectivity index (χ2n) is 8.87. The number of aryl methyl sites for hydroxylation is 1. The molecule has 3 rings (SSSR count). The highest BCUT2D eigenvalue weighted by Crippen LogP contribution is 2.28. The van der Waals surface area contributed by atoms with E-state index >= 15 is 0 Å². The average Bonchev–Trinajstić information content (AvgIpc) is 2.81. The second kappa shape index (κ2) is 12.2. The minimum Gasteiger partial charge on any atom is -0.493 e. The quantitative estimate of drug-likeness (QED) is 0.537. The smallest absolute Gasteiger partial charge is 0.161 e. The van der Waals surface area contributed by atoms with Crippen molar-refractivity contribution in [1.82, 2.24) is 10.2 Å². The number of ether oxygens (including phenoxy) is 2. The lowest BCUT2D eigenvalue weighted by atomic mass is 9.94. The average molecular weight is 445 g/mol. The van der Waals surface area contributed by atoms with Gasteiger partial charge in [-0.1, -0.05) is 37.5 Å². The number of rotatable bonds is 11. The van der Waals surface area contributed by atoms with Crippen LogP contribution in [0.1, 0.15) is 48.8 Å². The molecule has 6 heteroatoms. The fourth-order valence-electron chi connectivity index (χ4n) is 4.28. The monoisotopic (exact) mass is 444 g/mol. The molecule has 1 atom stereocenters. The van der Waals surface area contributed by atoms with Crippen molar-refractivity contribution in [3.05, 3.63) is 58.9 Å². The first-order valence-electron chi connectivity index (χ1n) is 11.6. The summed E-state index contributed by atoms with van der Waals surface area (Å²) in [5, 5.41) is 13.8. The molecule has 0 aromatic heterocycles. The zero-order valence-corrected chi connectivity index (χ0v) is 19.6. The molecular weight excluding hydrogens is 407 g/mol. The van der Waals surface area contributed by atoms with Gasteiger partial charge in [-0.05, 0) is 61.7 Å². The van der Waals surface area contributed by atoms with Crippen molar-refractivity contribution in [3.8, 4) is 11.5 Å². The molecule has 2 N–H and O–H groups in total. The van der Waals surface area contributed by atoms with E-state index in [1.807, 2.05) is 24.3 Å². The van der Waals surface area contributed by atoms with Crippen LogP contribution in [-0.4, -0.2) is 49.5 Å². The molecular formula is C26H37FN2O3. The van der Waals surface area contributed by atoms with E-state index in [1.54, 1.807) is 26.2 Å². The SMILES string of the molecule is COc1cc(CNCc2ccc(C)c(F)c2)ccc1OC[C@@H](O)CN(C)C1CCCCC1. The van der Waals surface area contributed by atoms with Gasteiger partial charge in [0.05, 0.1) is 7.11 Å². The molecule has 0 heterocycles. The molecule has 0 aliphatic heterocycles. The number of methoxy groups -OCH3 is 1. The Balaban J connectivity index is 1.47. The number of aliphatic hydroxyl groups is 1. The molecule has 0 amide bonds. The van der Waals surface area contributed by atoms with Crippen molar-refractivity contribution in [2.45, 2.75) is 64.3 Å². The Morgan fingerprint density at radius 3 is 2.44 bits per heavy atom. The van der Waals surface area contributed by atoms with E-state index in [9.17, 15) is 9.50 Å². The number of hydrogen-bond acceptors (Lipinski definition) is 5. The summed E-state index contributed by atoms with van der Waals surface area (Å²) in [6.45, 7) is 3.80. The van der Waals surface area contributed by atoms with E-state index in [-0.39, 0.29) is 12.4 Å². The summed E-state index contributed by atoms with van der Waals surface area (Å²) < 4.78 is 25.0. The van der Waals surface area contributed by atoms with Crippen LogP contribution in [0.15, 0.2) is 36.4 Å². The number of likely N-dealkylation sites (N-methyl/N-ethyl adjacent to an activating group) is 1. The van der Waals surface area contributed by atoms with Crippen LogP contribution < -0.4 is 14.8 Å². The van der Waals surface area contributed by atoms with Crippen LogP contribution in [0.5, 0.6) is 11.5 Å². The van der Waals surface area contributed by atoms with Gasteiger partial charge in [0, 0.05) is 25.7 Å².